The van der Waals surface area contributed by atoms with Crippen molar-refractivity contribution in [1.82, 2.24) is 9.80 Å². The summed E-state index contributed by atoms with van der Waals surface area (Å²) in [5.41, 5.74) is 0.263. The Bertz CT molecular complexity index is 1170. The number of carbonyl (C=O) groups is 5. The molecule has 3 fully saturated rings. The molecule has 0 N–H and O–H groups in total. The molecule has 0 aromatic carbocycles. The van der Waals surface area contributed by atoms with Crippen LogP contribution in [-0.2, 0) is 79.6 Å². The number of ketones is 1. The summed E-state index contributed by atoms with van der Waals surface area (Å²) in [7, 11) is 0. The van der Waals surface area contributed by atoms with Crippen molar-refractivity contribution in [3.8, 4) is 0 Å². The number of likely N-dealkylation sites (tertiary alicyclic amines) is 2. The number of amides is 4. The molecule has 2 unspecified atom stereocenters. The average molecular weight is 942 g/mol. The predicted octanol–water partition coefficient (Wildman–Crippen LogP) is 11.7. The van der Waals surface area contributed by atoms with E-state index in [2.05, 4.69) is 121 Å². The van der Waals surface area contributed by atoms with Gasteiger partial charge in [0, 0.05) is 55.6 Å². The van der Waals surface area contributed by atoms with Gasteiger partial charge in [-0.15, -0.1) is 17.5 Å². The Morgan fingerprint density at radius 1 is 0.678 bits per heavy atom. The van der Waals surface area contributed by atoms with Gasteiger partial charge in [0.2, 0.25) is 17.7 Å². The summed E-state index contributed by atoms with van der Waals surface area (Å²) in [5.74, 6) is 1.70. The van der Waals surface area contributed by atoms with E-state index in [0.29, 0.717) is 47.2 Å². The van der Waals surface area contributed by atoms with Gasteiger partial charge in [0.15, 0.2) is 0 Å². The van der Waals surface area contributed by atoms with Crippen LogP contribution in [0.15, 0.2) is 0 Å². The number of nitrogens with zero attached hydrogens (tertiary/aromatic N) is 4. The fraction of sp³-hybridized carbons (Fsp3) is 0.809. The van der Waals surface area contributed by atoms with E-state index < -0.39 is 0 Å². The molecule has 0 spiro atoms. The van der Waals surface area contributed by atoms with Crippen molar-refractivity contribution in [1.29, 1.82) is 0 Å². The SMILES string of the molecule is CC(C)(C)C1CCC(=O)C1.CC(C)(C)N1C(=O)CCC1=O.CC(C)(C)N1CCCC1=O.[CH2-]CC(=O)[N-]C(C)(C)C.[CH2-]CC([CH2-])C(C)(C)C.[CH2-]CC[N-]C(C)(C)C.[V+2].[V+2].[V+2]. The first-order valence-electron chi connectivity index (χ1n) is 20.8. The third-order valence-corrected chi connectivity index (χ3v) is 9.07. The van der Waals surface area contributed by atoms with E-state index in [9.17, 15) is 24.0 Å². The molecule has 4 amide bonds. The maximum Gasteiger partial charge on any atom is 2.00 e. The van der Waals surface area contributed by atoms with Gasteiger partial charge in [-0.05, 0) is 65.7 Å². The molecule has 3 rings (SSSR count). The average Bonchev–Trinajstić information content (AvgIpc) is 3.74. The monoisotopic (exact) mass is 942 g/mol. The molecular formula is C47H88N4O5V3. The van der Waals surface area contributed by atoms with E-state index in [0.717, 1.165) is 58.0 Å². The minimum Gasteiger partial charge on any atom is -0.659 e. The molecule has 2 saturated heterocycles. The summed E-state index contributed by atoms with van der Waals surface area (Å²) in [5, 5.41) is 8.14. The normalized spacial score (nSPS) is 17.3. The van der Waals surface area contributed by atoms with Crippen LogP contribution in [0.25, 0.3) is 10.6 Å². The van der Waals surface area contributed by atoms with Crippen LogP contribution in [-0.4, -0.2) is 74.5 Å². The molecule has 0 aromatic rings. The minimum atomic E-state index is -0.343. The van der Waals surface area contributed by atoms with Gasteiger partial charge in [-0.1, -0.05) is 88.5 Å². The summed E-state index contributed by atoms with van der Waals surface area (Å²) in [6.45, 7) is 53.8. The second kappa shape index (κ2) is 31.3. The van der Waals surface area contributed by atoms with Crippen LogP contribution in [0.2, 0.25) is 0 Å². The van der Waals surface area contributed by atoms with Crippen LogP contribution in [0.3, 0.4) is 0 Å². The van der Waals surface area contributed by atoms with Gasteiger partial charge in [0.05, 0.1) is 0 Å². The van der Waals surface area contributed by atoms with E-state index >= 15 is 0 Å². The first kappa shape index (κ1) is 70.1. The summed E-state index contributed by atoms with van der Waals surface area (Å²) in [4.78, 5) is 58.2. The van der Waals surface area contributed by atoms with Crippen LogP contribution in [0, 0.1) is 50.4 Å². The van der Waals surface area contributed by atoms with Gasteiger partial charge >= 0.3 is 55.7 Å². The summed E-state index contributed by atoms with van der Waals surface area (Å²) >= 11 is 0. The van der Waals surface area contributed by atoms with E-state index in [1.807, 2.05) is 46.4 Å². The molecule has 2 heterocycles. The molecule has 1 saturated carbocycles. The van der Waals surface area contributed by atoms with Gasteiger partial charge in [-0.3, -0.25) is 24.1 Å². The van der Waals surface area contributed by atoms with Crippen LogP contribution < -0.4 is 0 Å². The number of imide groups is 1. The van der Waals surface area contributed by atoms with Crippen LogP contribution in [0.1, 0.15) is 189 Å². The summed E-state index contributed by atoms with van der Waals surface area (Å²) in [6.07, 6.45) is 7.42. The van der Waals surface area contributed by atoms with Gasteiger partial charge < -0.3 is 48.0 Å². The number of carbonyl (C=O) groups excluding carboxylic acids is 5. The zero-order valence-corrected chi connectivity index (χ0v) is 45.3. The molecule has 1 aliphatic carbocycles. The van der Waals surface area contributed by atoms with E-state index in [1.165, 1.54) is 4.90 Å². The topological polar surface area (TPSA) is 120 Å². The summed E-state index contributed by atoms with van der Waals surface area (Å²) < 4.78 is 0. The molecule has 2 atom stereocenters. The zero-order chi connectivity index (χ0) is 45.1. The second-order valence-corrected chi connectivity index (χ2v) is 21.1. The molecule has 2 aliphatic heterocycles. The molecule has 3 radical (unpaired) electrons. The molecule has 9 nitrogen and oxygen atoms in total. The van der Waals surface area contributed by atoms with E-state index in [-0.39, 0.29) is 102 Å². The van der Waals surface area contributed by atoms with Gasteiger partial charge in [-0.2, -0.15) is 12.5 Å². The van der Waals surface area contributed by atoms with Crippen molar-refractivity contribution in [3.05, 3.63) is 38.3 Å². The zero-order valence-electron chi connectivity index (χ0n) is 41.1. The maximum absolute atomic E-state index is 11.1. The molecule has 59 heavy (non-hydrogen) atoms. The Kier molecular flexibility index (Phi) is 37.2. The van der Waals surface area contributed by atoms with Crippen molar-refractivity contribution in [3.63, 3.8) is 0 Å². The molecular weight excluding hydrogens is 853 g/mol. The molecule has 3 aliphatic rings. The quantitative estimate of drug-likeness (QED) is 0.205. The van der Waals surface area contributed by atoms with Crippen LogP contribution in [0.5, 0.6) is 0 Å². The second-order valence-electron chi connectivity index (χ2n) is 21.1. The van der Waals surface area contributed by atoms with Crippen molar-refractivity contribution < 1.29 is 79.6 Å². The van der Waals surface area contributed by atoms with Crippen molar-refractivity contribution in [2.45, 2.75) is 211 Å². The number of rotatable bonds is 4. The maximum atomic E-state index is 11.1. The number of Topliss-reactive ketones (excluding diaryl/α,β-unsaturated/α-hetero) is 1. The van der Waals surface area contributed by atoms with Crippen molar-refractivity contribution in [2.75, 3.05) is 13.1 Å². The van der Waals surface area contributed by atoms with Gasteiger partial charge in [-0.25, -0.2) is 12.8 Å². The number of hydrogen-bond acceptors (Lipinski definition) is 5. The third-order valence-electron chi connectivity index (χ3n) is 9.07. The Hall–Kier alpha value is -0.537. The third kappa shape index (κ3) is 36.6. The molecule has 0 bridgehead atoms. The smallest absolute Gasteiger partial charge is 0.659 e. The fourth-order valence-corrected chi connectivity index (χ4v) is 5.51. The number of hydrogen-bond donors (Lipinski definition) is 0. The fourth-order valence-electron chi connectivity index (χ4n) is 5.51. The molecule has 12 heteroatoms. The minimum absolute atomic E-state index is 0. The van der Waals surface area contributed by atoms with E-state index in [1.54, 1.807) is 0 Å². The largest absolute Gasteiger partial charge is 2.00 e. The Morgan fingerprint density at radius 2 is 1.14 bits per heavy atom. The molecule has 341 valence electrons. The Morgan fingerprint density at radius 3 is 1.27 bits per heavy atom. The van der Waals surface area contributed by atoms with Gasteiger partial charge in [0.25, 0.3) is 0 Å². The Labute approximate surface area is 401 Å². The van der Waals surface area contributed by atoms with E-state index in [4.69, 9.17) is 0 Å². The summed E-state index contributed by atoms with van der Waals surface area (Å²) in [6, 6.07) is 0. The van der Waals surface area contributed by atoms with Crippen molar-refractivity contribution >= 4 is 29.4 Å². The first-order valence-corrected chi connectivity index (χ1v) is 20.8. The standard InChI is InChI=1S/C9H16O.C8H13NO2.C8H15NO.C8H16.C7H14NO.C7H15N.3V/c1-9(2,3)7-4-5-8(10)6-7;1-8(2,3)9-6(10)4-5-7(9)11;1-8(2,3)9-6-4-5-7(9)10;1-6-7(2)8(3,4)5;1-5-6(9)8-7(2,3)4;1-5-6-8-7(2,3)4;;;/h7H,4-6H2,1-3H3;4-5H2,1-3H3;4-6H2,1-3H3;7H,1-2,6H2,3-5H3;1,5H2,2-4H3,(H,8,9);1,5-6H2,2-4H3;;;/q;;;-2;-1;-2;3*+2/p-1. The van der Waals surface area contributed by atoms with Crippen LogP contribution >= 0.6 is 0 Å². The Balaban J connectivity index is -0.000000142. The van der Waals surface area contributed by atoms with Crippen LogP contribution in [0.4, 0.5) is 0 Å². The molecule has 0 aromatic heterocycles. The predicted molar refractivity (Wildman–Crippen MR) is 238 cm³/mol. The van der Waals surface area contributed by atoms with Crippen molar-refractivity contribution in [2.24, 2.45) is 22.7 Å². The first-order chi connectivity index (χ1) is 24.9. The van der Waals surface area contributed by atoms with Gasteiger partial charge in [0.1, 0.15) is 5.78 Å².